The normalized spacial score (nSPS) is 18.0. The molecule has 0 saturated carbocycles. The highest BCUT2D eigenvalue weighted by atomic mass is 19.1. The van der Waals surface area contributed by atoms with Gasteiger partial charge in [0.1, 0.15) is 5.82 Å². The molecule has 23 heavy (non-hydrogen) atoms. The predicted octanol–water partition coefficient (Wildman–Crippen LogP) is 3.10. The van der Waals surface area contributed by atoms with Crippen LogP contribution in [-0.4, -0.2) is 34.1 Å². The highest BCUT2D eigenvalue weighted by Crippen LogP contribution is 2.22. The number of nitrogens with zero attached hydrogens (tertiary/aromatic N) is 3. The molecule has 2 aromatic rings. The number of likely N-dealkylation sites (tertiary alicyclic amines) is 1. The lowest BCUT2D eigenvalue weighted by Crippen LogP contribution is -2.40. The fourth-order valence-electron chi connectivity index (χ4n) is 3.08. The fourth-order valence-corrected chi connectivity index (χ4v) is 3.08. The second-order valence-electron chi connectivity index (χ2n) is 6.03. The molecular formula is C18H20FN3O. The van der Waals surface area contributed by atoms with Crippen LogP contribution < -0.4 is 0 Å². The summed E-state index contributed by atoms with van der Waals surface area (Å²) in [5.74, 6) is 0.242. The lowest BCUT2D eigenvalue weighted by molar-refractivity contribution is 0.0661. The first-order valence-electron chi connectivity index (χ1n) is 8.04. The number of carbonyl (C=O) groups is 1. The van der Waals surface area contributed by atoms with Gasteiger partial charge >= 0.3 is 0 Å². The second kappa shape index (κ2) is 7.31. The second-order valence-corrected chi connectivity index (χ2v) is 6.03. The number of hydrogen-bond acceptors (Lipinski definition) is 3. The maximum atomic E-state index is 12.9. The average Bonchev–Trinajstić information content (AvgIpc) is 2.61. The van der Waals surface area contributed by atoms with E-state index in [0.29, 0.717) is 11.6 Å². The molecule has 3 rings (SSSR count). The van der Waals surface area contributed by atoms with Crippen molar-refractivity contribution in [1.82, 2.24) is 15.1 Å². The van der Waals surface area contributed by atoms with Crippen LogP contribution in [0.2, 0.25) is 0 Å². The van der Waals surface area contributed by atoms with E-state index in [2.05, 4.69) is 10.2 Å². The first-order valence-corrected chi connectivity index (χ1v) is 8.04. The summed E-state index contributed by atoms with van der Waals surface area (Å²) >= 11 is 0. The molecule has 0 spiro atoms. The van der Waals surface area contributed by atoms with Crippen molar-refractivity contribution < 1.29 is 9.18 Å². The number of amides is 1. The zero-order valence-corrected chi connectivity index (χ0v) is 13.0. The number of rotatable bonds is 4. The number of piperidine rings is 1. The van der Waals surface area contributed by atoms with Gasteiger partial charge in [-0.25, -0.2) is 4.39 Å². The van der Waals surface area contributed by atoms with Crippen molar-refractivity contribution >= 4 is 5.91 Å². The highest BCUT2D eigenvalue weighted by molar-refractivity contribution is 5.92. The van der Waals surface area contributed by atoms with Crippen LogP contribution in [0.1, 0.15) is 35.3 Å². The van der Waals surface area contributed by atoms with Gasteiger partial charge in [0.2, 0.25) is 0 Å². The van der Waals surface area contributed by atoms with Crippen molar-refractivity contribution in [3.05, 3.63) is 59.7 Å². The van der Waals surface area contributed by atoms with E-state index in [1.54, 1.807) is 18.3 Å². The first kappa shape index (κ1) is 15.6. The summed E-state index contributed by atoms with van der Waals surface area (Å²) in [6.07, 6.45) is 5.64. The van der Waals surface area contributed by atoms with E-state index in [1.807, 2.05) is 17.0 Å². The molecule has 1 saturated heterocycles. The summed E-state index contributed by atoms with van der Waals surface area (Å²) in [5, 5.41) is 7.68. The molecule has 1 aliphatic heterocycles. The lowest BCUT2D eigenvalue weighted by Gasteiger charge is -2.32. The van der Waals surface area contributed by atoms with Crippen molar-refractivity contribution in [3.8, 4) is 0 Å². The van der Waals surface area contributed by atoms with E-state index in [4.69, 9.17) is 0 Å². The first-order chi connectivity index (χ1) is 11.2. The zero-order valence-electron chi connectivity index (χ0n) is 13.0. The van der Waals surface area contributed by atoms with Gasteiger partial charge in [0.25, 0.3) is 5.91 Å². The number of halogens is 1. The van der Waals surface area contributed by atoms with Gasteiger partial charge in [0.05, 0.1) is 0 Å². The molecule has 1 amide bonds. The molecular weight excluding hydrogens is 293 g/mol. The predicted molar refractivity (Wildman–Crippen MR) is 85.4 cm³/mol. The van der Waals surface area contributed by atoms with Gasteiger partial charge < -0.3 is 4.90 Å². The molecule has 0 N–H and O–H groups in total. The molecule has 0 aliphatic carbocycles. The molecule has 5 heteroatoms. The van der Waals surface area contributed by atoms with Gasteiger partial charge in [-0.15, -0.1) is 5.10 Å². The van der Waals surface area contributed by atoms with E-state index in [1.165, 1.54) is 12.1 Å². The lowest BCUT2D eigenvalue weighted by atomic mass is 9.91. The van der Waals surface area contributed by atoms with Crippen LogP contribution in [0, 0.1) is 11.7 Å². The third kappa shape index (κ3) is 4.12. The van der Waals surface area contributed by atoms with Crippen molar-refractivity contribution in [2.45, 2.75) is 25.7 Å². The standard InChI is InChI=1S/C18H20FN3O/c19-16-9-7-14(8-10-16)5-6-15-3-2-12-22(13-15)18(23)17-4-1-11-20-21-17/h1,4,7-11,15H,2-3,5-6,12-13H2. The van der Waals surface area contributed by atoms with Crippen molar-refractivity contribution in [1.29, 1.82) is 0 Å². The molecule has 1 aromatic heterocycles. The summed E-state index contributed by atoms with van der Waals surface area (Å²) in [5.41, 5.74) is 1.55. The van der Waals surface area contributed by atoms with Crippen LogP contribution in [0.3, 0.4) is 0 Å². The average molecular weight is 313 g/mol. The van der Waals surface area contributed by atoms with Crippen molar-refractivity contribution in [2.75, 3.05) is 13.1 Å². The van der Waals surface area contributed by atoms with Crippen LogP contribution in [0.5, 0.6) is 0 Å². The molecule has 0 bridgehead atoms. The Bertz CT molecular complexity index is 645. The van der Waals surface area contributed by atoms with Crippen LogP contribution in [-0.2, 0) is 6.42 Å². The monoisotopic (exact) mass is 313 g/mol. The van der Waals surface area contributed by atoms with E-state index < -0.39 is 0 Å². The van der Waals surface area contributed by atoms with Gasteiger partial charge in [-0.2, -0.15) is 5.10 Å². The Kier molecular flexibility index (Phi) is 4.95. The van der Waals surface area contributed by atoms with Crippen LogP contribution >= 0.6 is 0 Å². The van der Waals surface area contributed by atoms with E-state index in [-0.39, 0.29) is 11.7 Å². The summed E-state index contributed by atoms with van der Waals surface area (Å²) in [6, 6.07) is 10.1. The fraction of sp³-hybridized carbons (Fsp3) is 0.389. The number of hydrogen-bond donors (Lipinski definition) is 0. The van der Waals surface area contributed by atoms with Crippen LogP contribution in [0.25, 0.3) is 0 Å². The molecule has 0 radical (unpaired) electrons. The smallest absolute Gasteiger partial charge is 0.274 e. The maximum absolute atomic E-state index is 12.9. The third-order valence-electron chi connectivity index (χ3n) is 4.35. The van der Waals surface area contributed by atoms with Gasteiger partial charge in [-0.1, -0.05) is 12.1 Å². The Hall–Kier alpha value is -2.30. The number of aromatic nitrogens is 2. The molecule has 120 valence electrons. The summed E-state index contributed by atoms with van der Waals surface area (Å²) < 4.78 is 12.9. The number of carbonyl (C=O) groups excluding carboxylic acids is 1. The summed E-state index contributed by atoms with van der Waals surface area (Å²) in [6.45, 7) is 1.54. The molecule has 1 aliphatic rings. The minimum absolute atomic E-state index is 0.0374. The van der Waals surface area contributed by atoms with Crippen LogP contribution in [0.4, 0.5) is 4.39 Å². The Balaban J connectivity index is 1.56. The van der Waals surface area contributed by atoms with Crippen molar-refractivity contribution in [3.63, 3.8) is 0 Å². The van der Waals surface area contributed by atoms with Crippen LogP contribution in [0.15, 0.2) is 42.6 Å². The third-order valence-corrected chi connectivity index (χ3v) is 4.35. The Morgan fingerprint density at radius 2 is 2.09 bits per heavy atom. The summed E-state index contributed by atoms with van der Waals surface area (Å²) in [7, 11) is 0. The van der Waals surface area contributed by atoms with Gasteiger partial charge in [-0.3, -0.25) is 4.79 Å². The van der Waals surface area contributed by atoms with Crippen molar-refractivity contribution in [2.24, 2.45) is 5.92 Å². The Morgan fingerprint density at radius 3 is 2.83 bits per heavy atom. The topological polar surface area (TPSA) is 46.1 Å². The molecule has 1 unspecified atom stereocenters. The molecule has 1 atom stereocenters. The van der Waals surface area contributed by atoms with Gasteiger partial charge in [0.15, 0.2) is 5.69 Å². The van der Waals surface area contributed by atoms with Gasteiger partial charge in [-0.05, 0) is 61.4 Å². The van der Waals surface area contributed by atoms with E-state index in [0.717, 1.165) is 44.3 Å². The zero-order chi connectivity index (χ0) is 16.1. The maximum Gasteiger partial charge on any atom is 0.274 e. The Labute approximate surface area is 135 Å². The number of aryl methyl sites for hydroxylation is 1. The minimum Gasteiger partial charge on any atom is -0.337 e. The quantitative estimate of drug-likeness (QED) is 0.871. The van der Waals surface area contributed by atoms with Gasteiger partial charge in [0, 0.05) is 19.3 Å². The molecule has 2 heterocycles. The van der Waals surface area contributed by atoms with E-state index >= 15 is 0 Å². The van der Waals surface area contributed by atoms with E-state index in [9.17, 15) is 9.18 Å². The Morgan fingerprint density at radius 1 is 1.26 bits per heavy atom. The number of benzene rings is 1. The largest absolute Gasteiger partial charge is 0.337 e. The minimum atomic E-state index is -0.202. The molecule has 1 fully saturated rings. The molecule has 4 nitrogen and oxygen atoms in total. The summed E-state index contributed by atoms with van der Waals surface area (Å²) in [4.78, 5) is 14.3. The SMILES string of the molecule is O=C(c1cccnn1)N1CCCC(CCc2ccc(F)cc2)C1. The highest BCUT2D eigenvalue weighted by Gasteiger charge is 2.25. The molecule has 1 aromatic carbocycles.